The van der Waals surface area contributed by atoms with Crippen LogP contribution in [-0.2, 0) is 23.0 Å². The van der Waals surface area contributed by atoms with Crippen LogP contribution in [0.1, 0.15) is 35.0 Å². The van der Waals surface area contributed by atoms with E-state index in [9.17, 15) is 13.2 Å². The lowest BCUT2D eigenvalue weighted by atomic mass is 10.1. The van der Waals surface area contributed by atoms with Crippen LogP contribution in [0.5, 0.6) is 0 Å². The molecule has 2 aromatic heterocycles. The van der Waals surface area contributed by atoms with Crippen LogP contribution in [0.15, 0.2) is 84.0 Å². The molecule has 1 N–H and O–H groups in total. The van der Waals surface area contributed by atoms with Crippen molar-refractivity contribution in [2.45, 2.75) is 37.2 Å². The molecule has 0 spiro atoms. The fourth-order valence-electron chi connectivity index (χ4n) is 4.05. The molecule has 0 saturated carbocycles. The quantitative estimate of drug-likeness (QED) is 0.383. The van der Waals surface area contributed by atoms with Gasteiger partial charge in [0.1, 0.15) is 5.69 Å². The first-order valence-electron chi connectivity index (χ1n) is 11.5. The topological polar surface area (TPSA) is 84.3 Å². The Morgan fingerprint density at radius 2 is 1.71 bits per heavy atom. The molecule has 0 saturated heterocycles. The molecule has 8 heteroatoms. The molecule has 0 unspecified atom stereocenters. The Morgan fingerprint density at radius 1 is 1.00 bits per heavy atom. The molecule has 0 aliphatic heterocycles. The minimum absolute atomic E-state index is 0.0280. The van der Waals surface area contributed by atoms with Gasteiger partial charge in [-0.3, -0.25) is 9.78 Å². The maximum absolute atomic E-state index is 13.4. The monoisotopic (exact) mass is 490 g/mol. The Kier molecular flexibility index (Phi) is 7.33. The molecule has 0 fully saturated rings. The number of pyridine rings is 1. The van der Waals surface area contributed by atoms with Crippen LogP contribution in [0.25, 0.3) is 10.9 Å². The van der Waals surface area contributed by atoms with Crippen LogP contribution in [0.2, 0.25) is 0 Å². The molecule has 0 bridgehead atoms. The Bertz CT molecular complexity index is 1420. The number of fused-ring (bicyclic) bond motifs is 1. The van der Waals surface area contributed by atoms with Crippen LogP contribution in [0, 0.1) is 0 Å². The third-order valence-electron chi connectivity index (χ3n) is 6.06. The Balaban J connectivity index is 1.64. The second-order valence-electron chi connectivity index (χ2n) is 8.88. The molecule has 0 aliphatic carbocycles. The summed E-state index contributed by atoms with van der Waals surface area (Å²) >= 11 is 0. The fraction of sp³-hybridized carbons (Fsp3) is 0.259. The fourth-order valence-corrected chi connectivity index (χ4v) is 4.98. The van der Waals surface area contributed by atoms with Crippen molar-refractivity contribution in [1.29, 1.82) is 0 Å². The largest absolute Gasteiger partial charge is 0.348 e. The third kappa shape index (κ3) is 5.61. The first-order valence-corrected chi connectivity index (χ1v) is 13.0. The SMILES string of the molecule is C[C@H](CCc1ccccc1)NC(=O)c1cc2cc(S(=O)(=O)N(C)C)ccc2n1Cc1ccncc1. The minimum atomic E-state index is -3.59. The number of aryl methyl sites for hydroxylation is 1. The highest BCUT2D eigenvalue weighted by molar-refractivity contribution is 7.89. The van der Waals surface area contributed by atoms with Gasteiger partial charge in [0, 0.05) is 50.0 Å². The van der Waals surface area contributed by atoms with Crippen molar-refractivity contribution in [2.75, 3.05) is 14.1 Å². The van der Waals surface area contributed by atoms with Crippen LogP contribution in [-0.4, -0.2) is 48.3 Å². The van der Waals surface area contributed by atoms with E-state index in [2.05, 4.69) is 22.4 Å². The van der Waals surface area contributed by atoms with Gasteiger partial charge in [0.15, 0.2) is 0 Å². The maximum Gasteiger partial charge on any atom is 0.268 e. The van der Waals surface area contributed by atoms with Gasteiger partial charge in [-0.15, -0.1) is 0 Å². The van der Waals surface area contributed by atoms with E-state index in [1.165, 1.54) is 24.0 Å². The number of rotatable bonds is 9. The average molecular weight is 491 g/mol. The lowest BCUT2D eigenvalue weighted by Crippen LogP contribution is -2.34. The van der Waals surface area contributed by atoms with Crippen molar-refractivity contribution in [2.24, 2.45) is 0 Å². The molecule has 7 nitrogen and oxygen atoms in total. The average Bonchev–Trinajstić information content (AvgIpc) is 3.21. The molecule has 0 radical (unpaired) electrons. The predicted molar refractivity (Wildman–Crippen MR) is 138 cm³/mol. The molecule has 35 heavy (non-hydrogen) atoms. The second kappa shape index (κ2) is 10.4. The van der Waals surface area contributed by atoms with Gasteiger partial charge in [-0.25, -0.2) is 12.7 Å². The highest BCUT2D eigenvalue weighted by Crippen LogP contribution is 2.26. The number of sulfonamides is 1. The number of carbonyl (C=O) groups is 1. The van der Waals surface area contributed by atoms with E-state index in [0.29, 0.717) is 17.6 Å². The molecule has 1 atom stereocenters. The van der Waals surface area contributed by atoms with E-state index in [1.54, 1.807) is 36.7 Å². The zero-order valence-electron chi connectivity index (χ0n) is 20.2. The van der Waals surface area contributed by atoms with Crippen LogP contribution >= 0.6 is 0 Å². The van der Waals surface area contributed by atoms with E-state index >= 15 is 0 Å². The van der Waals surface area contributed by atoms with Crippen LogP contribution in [0.3, 0.4) is 0 Å². The molecule has 182 valence electrons. The van der Waals surface area contributed by atoms with Gasteiger partial charge in [0.25, 0.3) is 5.91 Å². The summed E-state index contributed by atoms with van der Waals surface area (Å²) < 4.78 is 28.4. The summed E-state index contributed by atoms with van der Waals surface area (Å²) in [6.07, 6.45) is 5.11. The molecular weight excluding hydrogens is 460 g/mol. The van der Waals surface area contributed by atoms with Gasteiger partial charge in [0.05, 0.1) is 4.90 Å². The Hall–Kier alpha value is -3.49. The van der Waals surface area contributed by atoms with Gasteiger partial charge < -0.3 is 9.88 Å². The molecule has 4 aromatic rings. The Labute approximate surface area is 206 Å². The summed E-state index contributed by atoms with van der Waals surface area (Å²) in [5.74, 6) is -0.187. The van der Waals surface area contributed by atoms with Crippen molar-refractivity contribution in [1.82, 2.24) is 19.2 Å². The molecule has 4 rings (SSSR count). The zero-order valence-corrected chi connectivity index (χ0v) is 21.0. The minimum Gasteiger partial charge on any atom is -0.348 e. The summed E-state index contributed by atoms with van der Waals surface area (Å²) in [6.45, 7) is 2.46. The second-order valence-corrected chi connectivity index (χ2v) is 11.0. The van der Waals surface area contributed by atoms with Gasteiger partial charge in [-0.2, -0.15) is 0 Å². The number of benzene rings is 2. The molecular formula is C27H30N4O3S. The lowest BCUT2D eigenvalue weighted by molar-refractivity contribution is 0.0930. The van der Waals surface area contributed by atoms with E-state index in [0.717, 1.165) is 23.9 Å². The standard InChI is InChI=1S/C27H30N4O3S/c1-20(9-10-21-7-5-4-6-8-21)29-27(32)26-18-23-17-24(35(33,34)30(2)3)11-12-25(23)31(26)19-22-13-15-28-16-14-22/h4-8,11-18,20H,9-10,19H2,1-3H3,(H,29,32)/t20-/m1/s1. The van der Waals surface area contributed by atoms with Crippen molar-refractivity contribution < 1.29 is 13.2 Å². The first-order chi connectivity index (χ1) is 16.8. The van der Waals surface area contributed by atoms with Crippen molar-refractivity contribution in [3.05, 3.63) is 95.9 Å². The number of nitrogens with one attached hydrogen (secondary N) is 1. The van der Waals surface area contributed by atoms with Gasteiger partial charge in [0.2, 0.25) is 10.0 Å². The normalized spacial score (nSPS) is 12.7. The number of amides is 1. The van der Waals surface area contributed by atoms with Gasteiger partial charge >= 0.3 is 0 Å². The number of hydrogen-bond donors (Lipinski definition) is 1. The van der Waals surface area contributed by atoms with Crippen molar-refractivity contribution in [3.63, 3.8) is 0 Å². The van der Waals surface area contributed by atoms with Crippen molar-refractivity contribution in [3.8, 4) is 0 Å². The van der Waals surface area contributed by atoms with Crippen LogP contribution in [0.4, 0.5) is 0 Å². The molecule has 2 heterocycles. The molecule has 2 aromatic carbocycles. The van der Waals surface area contributed by atoms with Crippen molar-refractivity contribution >= 4 is 26.8 Å². The van der Waals surface area contributed by atoms with E-state index in [-0.39, 0.29) is 16.8 Å². The van der Waals surface area contributed by atoms with E-state index in [4.69, 9.17) is 0 Å². The predicted octanol–water partition coefficient (Wildman–Crippen LogP) is 4.09. The zero-order chi connectivity index (χ0) is 25.0. The van der Waals surface area contributed by atoms with E-state index in [1.807, 2.05) is 41.8 Å². The summed E-state index contributed by atoms with van der Waals surface area (Å²) in [7, 11) is -0.581. The number of hydrogen-bond acceptors (Lipinski definition) is 4. The van der Waals surface area contributed by atoms with Gasteiger partial charge in [-0.05, 0) is 67.3 Å². The summed E-state index contributed by atoms with van der Waals surface area (Å²) in [5.41, 5.74) is 3.51. The lowest BCUT2D eigenvalue weighted by Gasteiger charge is -2.16. The Morgan fingerprint density at radius 3 is 2.40 bits per heavy atom. The smallest absolute Gasteiger partial charge is 0.268 e. The van der Waals surface area contributed by atoms with Crippen LogP contribution < -0.4 is 5.32 Å². The maximum atomic E-state index is 13.4. The summed E-state index contributed by atoms with van der Waals surface area (Å²) in [5, 5.41) is 3.82. The van der Waals surface area contributed by atoms with E-state index < -0.39 is 10.0 Å². The number of aromatic nitrogens is 2. The first kappa shape index (κ1) is 24.6. The molecule has 1 amide bonds. The number of carbonyl (C=O) groups excluding carboxylic acids is 1. The van der Waals surface area contributed by atoms with Gasteiger partial charge in [-0.1, -0.05) is 30.3 Å². The summed E-state index contributed by atoms with van der Waals surface area (Å²) in [4.78, 5) is 17.6. The molecule has 0 aliphatic rings. The third-order valence-corrected chi connectivity index (χ3v) is 7.87. The number of nitrogens with zero attached hydrogens (tertiary/aromatic N) is 3. The summed E-state index contributed by atoms with van der Waals surface area (Å²) in [6, 6.07) is 20.7. The highest BCUT2D eigenvalue weighted by atomic mass is 32.2. The highest BCUT2D eigenvalue weighted by Gasteiger charge is 2.21.